The SMILES string of the molecule is CN(CC1CCCC1)C(C)(C)CO. The molecule has 0 amide bonds. The third-order valence-corrected chi connectivity index (χ3v) is 3.43. The van der Waals surface area contributed by atoms with Crippen molar-refractivity contribution in [2.24, 2.45) is 5.92 Å². The Kier molecular flexibility index (Phi) is 3.74. The first-order chi connectivity index (χ1) is 6.06. The van der Waals surface area contributed by atoms with E-state index in [1.807, 2.05) is 0 Å². The molecule has 0 bridgehead atoms. The van der Waals surface area contributed by atoms with E-state index in [1.54, 1.807) is 0 Å². The number of hydrogen-bond acceptors (Lipinski definition) is 2. The van der Waals surface area contributed by atoms with Gasteiger partial charge >= 0.3 is 0 Å². The zero-order chi connectivity index (χ0) is 9.90. The molecule has 2 heteroatoms. The van der Waals surface area contributed by atoms with Gasteiger partial charge in [-0.2, -0.15) is 0 Å². The summed E-state index contributed by atoms with van der Waals surface area (Å²) < 4.78 is 0. The first kappa shape index (κ1) is 11.0. The Labute approximate surface area is 81.9 Å². The zero-order valence-corrected chi connectivity index (χ0v) is 9.21. The molecule has 1 N–H and O–H groups in total. The molecule has 0 unspecified atom stereocenters. The van der Waals surface area contributed by atoms with Crippen LogP contribution in [0.3, 0.4) is 0 Å². The minimum Gasteiger partial charge on any atom is -0.394 e. The van der Waals surface area contributed by atoms with Crippen molar-refractivity contribution in [3.63, 3.8) is 0 Å². The van der Waals surface area contributed by atoms with Gasteiger partial charge in [0.2, 0.25) is 0 Å². The second kappa shape index (κ2) is 4.43. The number of likely N-dealkylation sites (N-methyl/N-ethyl adjacent to an activating group) is 1. The monoisotopic (exact) mass is 185 g/mol. The van der Waals surface area contributed by atoms with Gasteiger partial charge in [-0.05, 0) is 39.7 Å². The number of aliphatic hydroxyl groups excluding tert-OH is 1. The van der Waals surface area contributed by atoms with Gasteiger partial charge in [-0.1, -0.05) is 12.8 Å². The van der Waals surface area contributed by atoms with Crippen LogP contribution in [-0.4, -0.2) is 35.7 Å². The Hall–Kier alpha value is -0.0800. The van der Waals surface area contributed by atoms with Gasteiger partial charge in [0.05, 0.1) is 6.61 Å². The summed E-state index contributed by atoms with van der Waals surface area (Å²) in [4.78, 5) is 2.29. The molecule has 1 saturated carbocycles. The molecule has 0 aromatic heterocycles. The molecule has 0 aromatic rings. The van der Waals surface area contributed by atoms with Crippen LogP contribution in [0, 0.1) is 5.92 Å². The normalized spacial score (nSPS) is 20.1. The second-order valence-corrected chi connectivity index (χ2v) is 5.00. The molecule has 0 saturated heterocycles. The lowest BCUT2D eigenvalue weighted by molar-refractivity contribution is 0.0670. The zero-order valence-electron chi connectivity index (χ0n) is 9.21. The fraction of sp³-hybridized carbons (Fsp3) is 1.00. The maximum atomic E-state index is 9.20. The van der Waals surface area contributed by atoms with E-state index in [-0.39, 0.29) is 12.1 Å². The highest BCUT2D eigenvalue weighted by atomic mass is 16.3. The Bertz CT molecular complexity index is 150. The Morgan fingerprint density at radius 2 is 1.85 bits per heavy atom. The van der Waals surface area contributed by atoms with Crippen LogP contribution in [0.4, 0.5) is 0 Å². The van der Waals surface area contributed by atoms with Crippen molar-refractivity contribution in [3.05, 3.63) is 0 Å². The van der Waals surface area contributed by atoms with E-state index >= 15 is 0 Å². The summed E-state index contributed by atoms with van der Waals surface area (Å²) in [5, 5.41) is 9.20. The van der Waals surface area contributed by atoms with Gasteiger partial charge in [0.25, 0.3) is 0 Å². The highest BCUT2D eigenvalue weighted by molar-refractivity contribution is 4.81. The topological polar surface area (TPSA) is 23.5 Å². The molecule has 0 aromatic carbocycles. The van der Waals surface area contributed by atoms with Gasteiger partial charge in [0, 0.05) is 12.1 Å². The van der Waals surface area contributed by atoms with Gasteiger partial charge in [-0.15, -0.1) is 0 Å². The maximum Gasteiger partial charge on any atom is 0.0609 e. The number of aliphatic hydroxyl groups is 1. The predicted molar refractivity (Wildman–Crippen MR) is 55.8 cm³/mol. The molecule has 1 rings (SSSR count). The average molecular weight is 185 g/mol. The van der Waals surface area contributed by atoms with E-state index in [4.69, 9.17) is 0 Å². The molecule has 1 aliphatic rings. The summed E-state index contributed by atoms with van der Waals surface area (Å²) in [6, 6.07) is 0. The van der Waals surface area contributed by atoms with E-state index in [0.717, 1.165) is 12.5 Å². The van der Waals surface area contributed by atoms with Crippen LogP contribution in [0.1, 0.15) is 39.5 Å². The molecule has 78 valence electrons. The summed E-state index contributed by atoms with van der Waals surface area (Å²) in [6.45, 7) is 5.59. The number of nitrogens with zero attached hydrogens (tertiary/aromatic N) is 1. The van der Waals surface area contributed by atoms with Crippen molar-refractivity contribution in [2.75, 3.05) is 20.2 Å². The molecule has 0 radical (unpaired) electrons. The van der Waals surface area contributed by atoms with E-state index in [1.165, 1.54) is 25.7 Å². The third-order valence-electron chi connectivity index (χ3n) is 3.43. The van der Waals surface area contributed by atoms with Crippen LogP contribution in [0.2, 0.25) is 0 Å². The van der Waals surface area contributed by atoms with Crippen molar-refractivity contribution in [2.45, 2.75) is 45.1 Å². The van der Waals surface area contributed by atoms with Gasteiger partial charge in [-0.25, -0.2) is 0 Å². The van der Waals surface area contributed by atoms with E-state index in [0.29, 0.717) is 0 Å². The van der Waals surface area contributed by atoms with Crippen molar-refractivity contribution in [1.82, 2.24) is 4.90 Å². The lowest BCUT2D eigenvalue weighted by Crippen LogP contribution is -2.46. The lowest BCUT2D eigenvalue weighted by Gasteiger charge is -2.35. The van der Waals surface area contributed by atoms with Crippen LogP contribution in [-0.2, 0) is 0 Å². The van der Waals surface area contributed by atoms with Crippen molar-refractivity contribution in [1.29, 1.82) is 0 Å². The molecular formula is C11H23NO. The molecule has 1 fully saturated rings. The van der Waals surface area contributed by atoms with Crippen LogP contribution in [0.5, 0.6) is 0 Å². The largest absolute Gasteiger partial charge is 0.394 e. The minimum absolute atomic E-state index is 0.0530. The van der Waals surface area contributed by atoms with E-state index in [9.17, 15) is 5.11 Å². The fourth-order valence-corrected chi connectivity index (χ4v) is 1.95. The summed E-state index contributed by atoms with van der Waals surface area (Å²) in [7, 11) is 2.12. The highest BCUT2D eigenvalue weighted by Gasteiger charge is 2.25. The molecule has 1 aliphatic carbocycles. The van der Waals surface area contributed by atoms with Gasteiger partial charge in [-0.3, -0.25) is 4.90 Å². The molecular weight excluding hydrogens is 162 g/mol. The van der Waals surface area contributed by atoms with Crippen LogP contribution in [0.25, 0.3) is 0 Å². The van der Waals surface area contributed by atoms with E-state index in [2.05, 4.69) is 25.8 Å². The Morgan fingerprint density at radius 1 is 1.31 bits per heavy atom. The first-order valence-corrected chi connectivity index (χ1v) is 5.38. The van der Waals surface area contributed by atoms with Crippen molar-refractivity contribution in [3.8, 4) is 0 Å². The van der Waals surface area contributed by atoms with Crippen molar-refractivity contribution >= 4 is 0 Å². The average Bonchev–Trinajstić information content (AvgIpc) is 2.57. The standard InChI is InChI=1S/C11H23NO/c1-11(2,9-13)12(3)8-10-6-4-5-7-10/h10,13H,4-9H2,1-3H3. The fourth-order valence-electron chi connectivity index (χ4n) is 1.95. The van der Waals surface area contributed by atoms with Crippen LogP contribution in [0.15, 0.2) is 0 Å². The van der Waals surface area contributed by atoms with Crippen LogP contribution < -0.4 is 0 Å². The molecule has 0 atom stereocenters. The molecule has 2 nitrogen and oxygen atoms in total. The summed E-state index contributed by atoms with van der Waals surface area (Å²) in [5.74, 6) is 0.871. The van der Waals surface area contributed by atoms with Crippen molar-refractivity contribution < 1.29 is 5.11 Å². The third kappa shape index (κ3) is 2.96. The smallest absolute Gasteiger partial charge is 0.0609 e. The maximum absolute atomic E-state index is 9.20. The summed E-state index contributed by atoms with van der Waals surface area (Å²) in [6.07, 6.45) is 5.56. The minimum atomic E-state index is -0.0530. The number of hydrogen-bond donors (Lipinski definition) is 1. The Morgan fingerprint density at radius 3 is 2.31 bits per heavy atom. The summed E-state index contributed by atoms with van der Waals surface area (Å²) in [5.41, 5.74) is -0.0530. The first-order valence-electron chi connectivity index (χ1n) is 5.38. The van der Waals surface area contributed by atoms with Gasteiger partial charge < -0.3 is 5.11 Å². The van der Waals surface area contributed by atoms with Gasteiger partial charge in [0.1, 0.15) is 0 Å². The molecule has 0 spiro atoms. The van der Waals surface area contributed by atoms with Crippen LogP contribution >= 0.6 is 0 Å². The molecule has 0 aliphatic heterocycles. The van der Waals surface area contributed by atoms with Gasteiger partial charge in [0.15, 0.2) is 0 Å². The molecule has 0 heterocycles. The quantitative estimate of drug-likeness (QED) is 0.723. The Balaban J connectivity index is 2.34. The van der Waals surface area contributed by atoms with E-state index < -0.39 is 0 Å². The summed E-state index contributed by atoms with van der Waals surface area (Å²) >= 11 is 0. The number of rotatable bonds is 4. The predicted octanol–water partition coefficient (Wildman–Crippen LogP) is 1.88. The lowest BCUT2D eigenvalue weighted by atomic mass is 10.0. The second-order valence-electron chi connectivity index (χ2n) is 5.00. The molecule has 13 heavy (non-hydrogen) atoms. The highest BCUT2D eigenvalue weighted by Crippen LogP contribution is 2.26.